The maximum atomic E-state index is 12.9. The number of alkyl halides is 2. The van der Waals surface area contributed by atoms with E-state index in [-0.39, 0.29) is 16.1 Å². The monoisotopic (exact) mass is 208 g/mol. The molecule has 1 aromatic rings. The quantitative estimate of drug-likeness (QED) is 0.657. The van der Waals surface area contributed by atoms with Crippen molar-refractivity contribution in [1.29, 1.82) is 0 Å². The van der Waals surface area contributed by atoms with Crippen LogP contribution < -0.4 is 0 Å². The van der Waals surface area contributed by atoms with Crippen LogP contribution in [0.2, 0.25) is 5.02 Å². The van der Waals surface area contributed by atoms with E-state index in [1.807, 2.05) is 0 Å². The van der Waals surface area contributed by atoms with E-state index in [4.69, 9.17) is 11.6 Å². The van der Waals surface area contributed by atoms with Gasteiger partial charge >= 0.3 is 0 Å². The summed E-state index contributed by atoms with van der Waals surface area (Å²) < 4.78 is 38.5. The molecule has 0 fully saturated rings. The molecule has 0 N–H and O–H groups in total. The third-order valence-electron chi connectivity index (χ3n) is 1.72. The largest absolute Gasteiger partial charge is 0.270 e. The first kappa shape index (κ1) is 10.4. The van der Waals surface area contributed by atoms with Gasteiger partial charge in [-0.25, -0.2) is 13.2 Å². The van der Waals surface area contributed by atoms with Crippen LogP contribution in [0.3, 0.4) is 0 Å². The van der Waals surface area contributed by atoms with E-state index in [2.05, 4.69) is 0 Å². The van der Waals surface area contributed by atoms with Gasteiger partial charge in [0.25, 0.3) is 5.92 Å². The number of rotatable bonds is 1. The van der Waals surface area contributed by atoms with Crippen LogP contribution in [0.15, 0.2) is 12.1 Å². The average Bonchev–Trinajstić information content (AvgIpc) is 1.97. The Bertz CT molecular complexity index is 305. The summed E-state index contributed by atoms with van der Waals surface area (Å²) in [5.74, 6) is -3.63. The number of halogens is 4. The zero-order valence-electron chi connectivity index (χ0n) is 7.17. The summed E-state index contributed by atoms with van der Waals surface area (Å²) in [4.78, 5) is 0. The van der Waals surface area contributed by atoms with Gasteiger partial charge < -0.3 is 0 Å². The van der Waals surface area contributed by atoms with Gasteiger partial charge in [-0.3, -0.25) is 0 Å². The van der Waals surface area contributed by atoms with Crippen molar-refractivity contribution in [3.8, 4) is 0 Å². The molecule has 0 aliphatic heterocycles. The number of benzene rings is 1. The van der Waals surface area contributed by atoms with Crippen LogP contribution in [0.5, 0.6) is 0 Å². The lowest BCUT2D eigenvalue weighted by Gasteiger charge is -2.12. The summed E-state index contributed by atoms with van der Waals surface area (Å²) in [6, 6.07) is 2.05. The van der Waals surface area contributed by atoms with Gasteiger partial charge in [0.05, 0.1) is 5.02 Å². The van der Waals surface area contributed by atoms with Crippen molar-refractivity contribution in [3.63, 3.8) is 0 Å². The third kappa shape index (κ3) is 2.15. The molecule has 0 amide bonds. The van der Waals surface area contributed by atoms with Crippen LogP contribution in [0.4, 0.5) is 13.2 Å². The second kappa shape index (κ2) is 3.22. The van der Waals surface area contributed by atoms with E-state index in [1.54, 1.807) is 0 Å². The highest BCUT2D eigenvalue weighted by molar-refractivity contribution is 6.30. The molecule has 72 valence electrons. The van der Waals surface area contributed by atoms with Crippen molar-refractivity contribution in [1.82, 2.24) is 0 Å². The van der Waals surface area contributed by atoms with Gasteiger partial charge in [0, 0.05) is 12.5 Å². The molecule has 4 heteroatoms. The number of hydrogen-bond donors (Lipinski definition) is 0. The Morgan fingerprint density at radius 1 is 1.31 bits per heavy atom. The lowest BCUT2D eigenvalue weighted by atomic mass is 10.1. The molecule has 0 aliphatic carbocycles. The van der Waals surface area contributed by atoms with E-state index >= 15 is 0 Å². The second-order valence-corrected chi connectivity index (χ2v) is 3.38. The lowest BCUT2D eigenvalue weighted by molar-refractivity contribution is 0.0173. The molecule has 1 rings (SSSR count). The molecule has 1 aromatic carbocycles. The van der Waals surface area contributed by atoms with Crippen LogP contribution in [-0.4, -0.2) is 0 Å². The first-order valence-corrected chi connectivity index (χ1v) is 4.04. The lowest BCUT2D eigenvalue weighted by Crippen LogP contribution is -2.07. The standard InChI is InChI=1S/C9H8ClF3/c1-5-3-6(9(2,12)13)4-7(10)8(5)11/h3-4H,1-2H3. The van der Waals surface area contributed by atoms with Crippen molar-refractivity contribution in [2.45, 2.75) is 19.8 Å². The molecule has 0 spiro atoms. The second-order valence-electron chi connectivity index (χ2n) is 2.98. The van der Waals surface area contributed by atoms with Gasteiger partial charge in [-0.15, -0.1) is 0 Å². The fourth-order valence-electron chi connectivity index (χ4n) is 0.980. The fourth-order valence-corrected chi connectivity index (χ4v) is 1.25. The van der Waals surface area contributed by atoms with Gasteiger partial charge in [-0.2, -0.15) is 0 Å². The molecule has 0 saturated carbocycles. The van der Waals surface area contributed by atoms with E-state index < -0.39 is 11.7 Å². The Labute approximate surface area is 79.3 Å². The molecule has 0 aromatic heterocycles. The summed E-state index contributed by atoms with van der Waals surface area (Å²) in [5.41, 5.74) is -0.138. The normalized spacial score (nSPS) is 11.8. The van der Waals surface area contributed by atoms with Crippen molar-refractivity contribution in [2.24, 2.45) is 0 Å². The van der Waals surface area contributed by atoms with Gasteiger partial charge in [-0.1, -0.05) is 11.6 Å². The maximum Gasteiger partial charge on any atom is 0.270 e. The van der Waals surface area contributed by atoms with Crippen molar-refractivity contribution < 1.29 is 13.2 Å². The molecule has 0 atom stereocenters. The molecular weight excluding hydrogens is 201 g/mol. The van der Waals surface area contributed by atoms with E-state index in [9.17, 15) is 13.2 Å². The fraction of sp³-hybridized carbons (Fsp3) is 0.333. The Kier molecular flexibility index (Phi) is 2.57. The third-order valence-corrected chi connectivity index (χ3v) is 1.99. The van der Waals surface area contributed by atoms with E-state index in [0.717, 1.165) is 19.1 Å². The van der Waals surface area contributed by atoms with Crippen molar-refractivity contribution >= 4 is 11.6 Å². The molecule has 0 aliphatic rings. The Hall–Kier alpha value is -0.700. The van der Waals surface area contributed by atoms with Crippen molar-refractivity contribution in [3.05, 3.63) is 34.1 Å². The summed E-state index contributed by atoms with van der Waals surface area (Å²) in [6.07, 6.45) is 0. The Morgan fingerprint density at radius 3 is 2.23 bits per heavy atom. The molecule has 0 radical (unpaired) electrons. The maximum absolute atomic E-state index is 12.9. The average molecular weight is 209 g/mol. The molecule has 0 saturated heterocycles. The highest BCUT2D eigenvalue weighted by atomic mass is 35.5. The SMILES string of the molecule is Cc1cc(C(C)(F)F)cc(Cl)c1F. The van der Waals surface area contributed by atoms with Crippen LogP contribution in [-0.2, 0) is 5.92 Å². The van der Waals surface area contributed by atoms with Crippen LogP contribution in [0.25, 0.3) is 0 Å². The van der Waals surface area contributed by atoms with Gasteiger partial charge in [0.15, 0.2) is 0 Å². The first-order chi connectivity index (χ1) is 5.82. The minimum absolute atomic E-state index is 0.129. The topological polar surface area (TPSA) is 0 Å². The molecular formula is C9H8ClF3. The molecule has 13 heavy (non-hydrogen) atoms. The first-order valence-electron chi connectivity index (χ1n) is 3.66. The van der Waals surface area contributed by atoms with Gasteiger partial charge in [0.1, 0.15) is 5.82 Å². The van der Waals surface area contributed by atoms with E-state index in [0.29, 0.717) is 0 Å². The highest BCUT2D eigenvalue weighted by Gasteiger charge is 2.25. The van der Waals surface area contributed by atoms with Crippen LogP contribution in [0.1, 0.15) is 18.1 Å². The van der Waals surface area contributed by atoms with Gasteiger partial charge in [0.2, 0.25) is 0 Å². The zero-order chi connectivity index (χ0) is 10.2. The Balaban J connectivity index is 3.29. The van der Waals surface area contributed by atoms with Crippen LogP contribution in [0, 0.1) is 12.7 Å². The van der Waals surface area contributed by atoms with Gasteiger partial charge in [-0.05, 0) is 24.6 Å². The predicted molar refractivity (Wildman–Crippen MR) is 45.7 cm³/mol. The number of aryl methyl sites for hydroxylation is 1. The summed E-state index contributed by atoms with van der Waals surface area (Å²) in [7, 11) is 0. The van der Waals surface area contributed by atoms with Crippen LogP contribution >= 0.6 is 11.6 Å². The Morgan fingerprint density at radius 2 is 1.85 bits per heavy atom. The molecule has 0 unspecified atom stereocenters. The zero-order valence-corrected chi connectivity index (χ0v) is 7.92. The smallest absolute Gasteiger partial charge is 0.205 e. The molecule has 0 nitrogen and oxygen atoms in total. The summed E-state index contributed by atoms with van der Waals surface area (Å²) in [5, 5.41) is -0.267. The molecule has 0 bridgehead atoms. The minimum Gasteiger partial charge on any atom is -0.205 e. The highest BCUT2D eigenvalue weighted by Crippen LogP contribution is 2.31. The molecule has 0 heterocycles. The predicted octanol–water partition coefficient (Wildman–Crippen LogP) is 3.90. The van der Waals surface area contributed by atoms with Crippen molar-refractivity contribution in [2.75, 3.05) is 0 Å². The minimum atomic E-state index is -2.98. The summed E-state index contributed by atoms with van der Waals surface area (Å²) in [6.45, 7) is 2.15. The summed E-state index contributed by atoms with van der Waals surface area (Å²) >= 11 is 5.42. The van der Waals surface area contributed by atoms with E-state index in [1.165, 1.54) is 6.92 Å². The number of hydrogen-bond acceptors (Lipinski definition) is 0.